The van der Waals surface area contributed by atoms with E-state index in [2.05, 4.69) is 13.2 Å². The molecule has 10 heteroatoms. The number of allylic oxidation sites excluding steroid dienone is 1. The molecule has 0 aromatic heterocycles. The van der Waals surface area contributed by atoms with Crippen molar-refractivity contribution in [2.45, 2.75) is 102 Å². The molecule has 252 valence electrons. The summed E-state index contributed by atoms with van der Waals surface area (Å²) >= 11 is 0. The molecule has 0 radical (unpaired) electrons. The number of likely N-dealkylation sites (N-methyl/N-ethyl adjacent to an activating group) is 1. The van der Waals surface area contributed by atoms with Crippen LogP contribution in [0.4, 0.5) is 0 Å². The predicted octanol–water partition coefficient (Wildman–Crippen LogP) is 4.04. The number of aliphatic hydroxyl groups is 1. The van der Waals surface area contributed by atoms with E-state index >= 15 is 0 Å². The van der Waals surface area contributed by atoms with Crippen LogP contribution < -0.4 is 0 Å². The fourth-order valence-electron chi connectivity index (χ4n) is 7.54. The zero-order chi connectivity index (χ0) is 33.6. The maximum atomic E-state index is 14.4. The van der Waals surface area contributed by atoms with E-state index in [1.165, 1.54) is 4.90 Å². The van der Waals surface area contributed by atoms with E-state index in [4.69, 9.17) is 9.47 Å². The van der Waals surface area contributed by atoms with Gasteiger partial charge in [-0.15, -0.1) is 13.2 Å². The van der Waals surface area contributed by atoms with Crippen molar-refractivity contribution < 1.29 is 33.8 Å². The minimum Gasteiger partial charge on any atom is -0.455 e. The summed E-state index contributed by atoms with van der Waals surface area (Å²) in [4.78, 5) is 60.8. The topological polar surface area (TPSA) is 117 Å². The molecule has 3 heterocycles. The molecule has 4 rings (SSSR count). The van der Waals surface area contributed by atoms with E-state index in [1.54, 1.807) is 29.0 Å². The Morgan fingerprint density at radius 1 is 1.20 bits per heavy atom. The lowest BCUT2D eigenvalue weighted by Gasteiger charge is -2.39. The van der Waals surface area contributed by atoms with Crippen LogP contribution in [0.2, 0.25) is 0 Å². The average molecular weight is 638 g/mol. The van der Waals surface area contributed by atoms with Crippen molar-refractivity contribution >= 4 is 23.7 Å². The van der Waals surface area contributed by atoms with Gasteiger partial charge >= 0.3 is 5.97 Å². The van der Waals surface area contributed by atoms with Crippen LogP contribution in [0, 0.1) is 11.8 Å². The van der Waals surface area contributed by atoms with Gasteiger partial charge in [0.05, 0.1) is 36.6 Å². The number of amides is 3. The van der Waals surface area contributed by atoms with Crippen molar-refractivity contribution in [1.29, 1.82) is 0 Å². The minimum atomic E-state index is -1.21. The summed E-state index contributed by atoms with van der Waals surface area (Å²) in [6.07, 6.45) is 5.84. The standard InChI is InChI=1S/C36H51N3O7/c1-7-11-18-28(41)37(6)24(5)31(25-16-14-13-15-17-25)45-35(44)29-27-19-20-36(46-27)30(29)33(42)39(26(10-4)23-40)32(36)34(43)38(21-9-3)22-12-8-2/h7,9,13-17,24,26-27,29-32,40H,1,3,8,10-12,18-23H2,2,4-6H3/t24-,26+,27+,29-,30-,31+,32+,36-/m1/s1. The van der Waals surface area contributed by atoms with E-state index in [1.807, 2.05) is 51.1 Å². The first-order chi connectivity index (χ1) is 22.1. The molecule has 46 heavy (non-hydrogen) atoms. The van der Waals surface area contributed by atoms with Gasteiger partial charge in [-0.3, -0.25) is 19.2 Å². The van der Waals surface area contributed by atoms with E-state index in [-0.39, 0.29) is 30.7 Å². The lowest BCUT2D eigenvalue weighted by Crippen LogP contribution is -2.58. The van der Waals surface area contributed by atoms with E-state index < -0.39 is 53.7 Å². The third-order valence-corrected chi connectivity index (χ3v) is 10.1. The number of rotatable bonds is 17. The van der Waals surface area contributed by atoms with Crippen LogP contribution in [0.1, 0.15) is 77.4 Å². The first-order valence-corrected chi connectivity index (χ1v) is 16.7. The number of benzene rings is 1. The number of nitrogens with zero attached hydrogens (tertiary/aromatic N) is 3. The van der Waals surface area contributed by atoms with Gasteiger partial charge in [-0.25, -0.2) is 0 Å². The molecule has 2 bridgehead atoms. The minimum absolute atomic E-state index is 0.101. The SMILES string of the molecule is C=CCCC(=O)N(C)[C@H](C)[C@H](OC(=O)[C@@H]1[C@@H]2CC[C@]3(O2)[C@H](C(=O)N(CC=C)CCCC)N([C@@H](CC)CO)C(=O)[C@@H]13)c1ccccc1. The molecule has 1 aromatic carbocycles. The Morgan fingerprint density at radius 3 is 2.52 bits per heavy atom. The molecule has 8 atom stereocenters. The van der Waals surface area contributed by atoms with Crippen molar-refractivity contribution in [3.8, 4) is 0 Å². The number of esters is 1. The van der Waals surface area contributed by atoms with Crippen LogP contribution in [-0.2, 0) is 28.7 Å². The molecule has 10 nitrogen and oxygen atoms in total. The van der Waals surface area contributed by atoms with Gasteiger partial charge in [0.25, 0.3) is 0 Å². The summed E-state index contributed by atoms with van der Waals surface area (Å²) in [5.41, 5.74) is -0.484. The van der Waals surface area contributed by atoms with Gasteiger partial charge in [0, 0.05) is 26.6 Å². The van der Waals surface area contributed by atoms with Crippen LogP contribution in [0.25, 0.3) is 0 Å². The summed E-state index contributed by atoms with van der Waals surface area (Å²) in [5.74, 6) is -3.15. The first-order valence-electron chi connectivity index (χ1n) is 16.7. The van der Waals surface area contributed by atoms with Gasteiger partial charge in [-0.2, -0.15) is 0 Å². The van der Waals surface area contributed by atoms with Crippen LogP contribution >= 0.6 is 0 Å². The number of carbonyl (C=O) groups is 4. The highest BCUT2D eigenvalue weighted by Crippen LogP contribution is 2.59. The molecule has 3 fully saturated rings. The number of aliphatic hydroxyl groups excluding tert-OH is 1. The Bertz CT molecular complexity index is 1270. The summed E-state index contributed by atoms with van der Waals surface area (Å²) in [5, 5.41) is 10.3. The molecule has 1 aromatic rings. The molecular formula is C36H51N3O7. The largest absolute Gasteiger partial charge is 0.455 e. The number of carbonyl (C=O) groups excluding carboxylic acids is 4. The van der Waals surface area contributed by atoms with Gasteiger partial charge in [0.2, 0.25) is 17.7 Å². The molecule has 3 saturated heterocycles. The van der Waals surface area contributed by atoms with Gasteiger partial charge in [-0.1, -0.05) is 62.8 Å². The highest BCUT2D eigenvalue weighted by atomic mass is 16.6. The second kappa shape index (κ2) is 15.4. The van der Waals surface area contributed by atoms with Crippen LogP contribution in [0.3, 0.4) is 0 Å². The van der Waals surface area contributed by atoms with Crippen molar-refractivity contribution in [2.24, 2.45) is 11.8 Å². The fourth-order valence-corrected chi connectivity index (χ4v) is 7.54. The molecule has 3 aliphatic rings. The lowest BCUT2D eigenvalue weighted by molar-refractivity contribution is -0.165. The first kappa shape index (κ1) is 35.4. The van der Waals surface area contributed by atoms with Crippen molar-refractivity contribution in [3.63, 3.8) is 0 Å². The van der Waals surface area contributed by atoms with Crippen molar-refractivity contribution in [3.05, 3.63) is 61.2 Å². The van der Waals surface area contributed by atoms with Crippen LogP contribution in [0.5, 0.6) is 0 Å². The quantitative estimate of drug-likeness (QED) is 0.202. The summed E-state index contributed by atoms with van der Waals surface area (Å²) in [6, 6.07) is 7.17. The summed E-state index contributed by atoms with van der Waals surface area (Å²) < 4.78 is 12.9. The Morgan fingerprint density at radius 2 is 1.91 bits per heavy atom. The number of hydrogen-bond donors (Lipinski definition) is 1. The summed E-state index contributed by atoms with van der Waals surface area (Å²) in [6.45, 7) is 13.8. The molecule has 0 saturated carbocycles. The molecule has 3 aliphatic heterocycles. The third kappa shape index (κ3) is 6.51. The second-order valence-corrected chi connectivity index (χ2v) is 12.8. The van der Waals surface area contributed by atoms with E-state index in [0.717, 1.165) is 18.4 Å². The predicted molar refractivity (Wildman–Crippen MR) is 174 cm³/mol. The highest BCUT2D eigenvalue weighted by molar-refractivity contribution is 5.98. The molecule has 1 spiro atoms. The van der Waals surface area contributed by atoms with Gasteiger partial charge in [0.1, 0.15) is 17.7 Å². The van der Waals surface area contributed by atoms with E-state index in [0.29, 0.717) is 38.8 Å². The molecule has 1 N–H and O–H groups in total. The van der Waals surface area contributed by atoms with Gasteiger partial charge in [-0.05, 0) is 44.6 Å². The van der Waals surface area contributed by atoms with Crippen molar-refractivity contribution in [1.82, 2.24) is 14.7 Å². The van der Waals surface area contributed by atoms with Gasteiger partial charge < -0.3 is 29.3 Å². The summed E-state index contributed by atoms with van der Waals surface area (Å²) in [7, 11) is 1.69. The van der Waals surface area contributed by atoms with Gasteiger partial charge in [0.15, 0.2) is 0 Å². The Hall–Kier alpha value is -3.50. The highest BCUT2D eigenvalue weighted by Gasteiger charge is 2.75. The molecular weight excluding hydrogens is 586 g/mol. The molecule has 0 aliphatic carbocycles. The maximum absolute atomic E-state index is 14.4. The van der Waals surface area contributed by atoms with Crippen LogP contribution in [0.15, 0.2) is 55.6 Å². The monoisotopic (exact) mass is 637 g/mol. The Balaban J connectivity index is 1.69. The lowest BCUT2D eigenvalue weighted by atomic mass is 9.70. The Labute approximate surface area is 273 Å². The zero-order valence-corrected chi connectivity index (χ0v) is 27.8. The fraction of sp³-hybridized carbons (Fsp3) is 0.611. The Kier molecular flexibility index (Phi) is 11.8. The number of hydrogen-bond acceptors (Lipinski definition) is 7. The molecule has 0 unspecified atom stereocenters. The number of fused-ring (bicyclic) bond motifs is 1. The zero-order valence-electron chi connectivity index (χ0n) is 27.8. The van der Waals surface area contributed by atoms with E-state index in [9.17, 15) is 24.3 Å². The van der Waals surface area contributed by atoms with Crippen LogP contribution in [-0.4, -0.2) is 100 Å². The maximum Gasteiger partial charge on any atom is 0.313 e. The average Bonchev–Trinajstić information content (AvgIpc) is 3.72. The second-order valence-electron chi connectivity index (χ2n) is 12.8. The number of ether oxygens (including phenoxy) is 2. The van der Waals surface area contributed by atoms with Crippen molar-refractivity contribution in [2.75, 3.05) is 26.7 Å². The molecule has 3 amide bonds. The number of likely N-dealkylation sites (tertiary alicyclic amines) is 1. The smallest absolute Gasteiger partial charge is 0.313 e. The normalized spacial score (nSPS) is 26.6. The third-order valence-electron chi connectivity index (χ3n) is 10.1. The number of unbranched alkanes of at least 4 members (excludes halogenated alkanes) is 1.